The molecule has 2 saturated heterocycles. The molecule has 1 unspecified atom stereocenters. The molecule has 3 rings (SSSR count). The lowest BCUT2D eigenvalue weighted by Crippen LogP contribution is -2.50. The number of methoxy groups -OCH3 is 1. The molecule has 2 amide bonds. The average Bonchev–Trinajstić information content (AvgIpc) is 2.94. The number of carbonyl (C=O) groups excluding carboxylic acids is 2. The van der Waals surface area contributed by atoms with Gasteiger partial charge in [-0.2, -0.15) is 0 Å². The highest BCUT2D eigenvalue weighted by Gasteiger charge is 2.36. The molecule has 2 fully saturated rings. The molecule has 2 aliphatic heterocycles. The number of aromatic nitrogens is 1. The molecule has 7 nitrogen and oxygen atoms in total. The minimum absolute atomic E-state index is 0.0167. The highest BCUT2D eigenvalue weighted by Crippen LogP contribution is 2.22. The molecule has 1 N–H and O–H groups in total. The molecule has 0 saturated carbocycles. The Hall–Kier alpha value is -2.15. The molecule has 0 aromatic carbocycles. The second kappa shape index (κ2) is 7.39. The van der Waals surface area contributed by atoms with Gasteiger partial charge in [0.25, 0.3) is 5.91 Å². The summed E-state index contributed by atoms with van der Waals surface area (Å²) in [4.78, 5) is 33.0. The number of carbonyl (C=O) groups is 2. The van der Waals surface area contributed by atoms with Crippen LogP contribution in [-0.2, 0) is 4.79 Å². The maximum atomic E-state index is 12.5. The van der Waals surface area contributed by atoms with Gasteiger partial charge < -0.3 is 15.0 Å². The van der Waals surface area contributed by atoms with Gasteiger partial charge in [0, 0.05) is 38.4 Å². The first-order chi connectivity index (χ1) is 12.0. The van der Waals surface area contributed by atoms with Crippen LogP contribution in [0.2, 0.25) is 0 Å². The number of aryl methyl sites for hydroxylation is 1. The number of nitrogens with zero attached hydrogens (tertiary/aromatic N) is 3. The number of hydrogen-bond acceptors (Lipinski definition) is 5. The predicted octanol–water partition coefficient (Wildman–Crippen LogP) is 0.824. The summed E-state index contributed by atoms with van der Waals surface area (Å²) in [7, 11) is 3.38. The summed E-state index contributed by atoms with van der Waals surface area (Å²) in [6, 6.07) is 3.69. The van der Waals surface area contributed by atoms with E-state index in [9.17, 15) is 9.59 Å². The molecular weight excluding hydrogens is 320 g/mol. The monoisotopic (exact) mass is 346 g/mol. The number of amides is 2. The van der Waals surface area contributed by atoms with Crippen molar-refractivity contribution in [2.45, 2.75) is 38.3 Å². The van der Waals surface area contributed by atoms with Gasteiger partial charge in [0.05, 0.1) is 13.2 Å². The third-order valence-corrected chi connectivity index (χ3v) is 5.14. The highest BCUT2D eigenvalue weighted by atomic mass is 16.5. The summed E-state index contributed by atoms with van der Waals surface area (Å²) in [6.07, 6.45) is 2.60. The van der Waals surface area contributed by atoms with E-state index in [1.807, 2.05) is 20.0 Å². The van der Waals surface area contributed by atoms with E-state index in [1.54, 1.807) is 11.0 Å². The normalized spacial score (nSPS) is 22.3. The first kappa shape index (κ1) is 17.7. The number of likely N-dealkylation sites (N-methyl/N-ethyl adjacent to an activating group) is 1. The molecule has 0 aliphatic carbocycles. The van der Waals surface area contributed by atoms with Gasteiger partial charge in [0.1, 0.15) is 5.56 Å². The molecule has 25 heavy (non-hydrogen) atoms. The summed E-state index contributed by atoms with van der Waals surface area (Å²) in [6.45, 7) is 4.36. The van der Waals surface area contributed by atoms with Crippen LogP contribution in [0.25, 0.3) is 0 Å². The van der Waals surface area contributed by atoms with Gasteiger partial charge in [-0.25, -0.2) is 4.98 Å². The number of ether oxygens (including phenoxy) is 1. The van der Waals surface area contributed by atoms with E-state index < -0.39 is 0 Å². The number of pyridine rings is 1. The molecule has 0 spiro atoms. The maximum absolute atomic E-state index is 12.5. The lowest BCUT2D eigenvalue weighted by Gasteiger charge is -2.35. The Bertz CT molecular complexity index is 656. The molecule has 7 heteroatoms. The lowest BCUT2D eigenvalue weighted by atomic mass is 10.0. The molecule has 1 aromatic heterocycles. The van der Waals surface area contributed by atoms with Gasteiger partial charge in [0.2, 0.25) is 11.8 Å². The molecule has 1 aromatic rings. The van der Waals surface area contributed by atoms with Crippen molar-refractivity contribution < 1.29 is 14.3 Å². The van der Waals surface area contributed by atoms with Crippen molar-refractivity contribution in [3.8, 4) is 5.88 Å². The minimum Gasteiger partial charge on any atom is -0.480 e. The van der Waals surface area contributed by atoms with E-state index >= 15 is 0 Å². The zero-order valence-corrected chi connectivity index (χ0v) is 15.1. The van der Waals surface area contributed by atoms with E-state index in [1.165, 1.54) is 7.11 Å². The topological polar surface area (TPSA) is 74.8 Å². The SMILES string of the molecule is COc1nc(C)ccc1C(=O)NC1CCN(C2CCN(C)C2=O)CC1. The van der Waals surface area contributed by atoms with Crippen molar-refractivity contribution in [3.63, 3.8) is 0 Å². The van der Waals surface area contributed by atoms with Crippen molar-refractivity contribution in [2.75, 3.05) is 33.8 Å². The Morgan fingerprint density at radius 2 is 1.96 bits per heavy atom. The third kappa shape index (κ3) is 3.76. The van der Waals surface area contributed by atoms with Gasteiger partial charge >= 0.3 is 0 Å². The van der Waals surface area contributed by atoms with E-state index in [0.29, 0.717) is 11.4 Å². The van der Waals surface area contributed by atoms with Crippen LogP contribution in [0.3, 0.4) is 0 Å². The summed E-state index contributed by atoms with van der Waals surface area (Å²) < 4.78 is 5.22. The first-order valence-electron chi connectivity index (χ1n) is 8.81. The Labute approximate surface area is 148 Å². The fourth-order valence-corrected chi connectivity index (χ4v) is 3.62. The summed E-state index contributed by atoms with van der Waals surface area (Å²) in [5.74, 6) is 0.423. The number of likely N-dealkylation sites (tertiary alicyclic amines) is 2. The van der Waals surface area contributed by atoms with E-state index in [-0.39, 0.29) is 23.9 Å². The van der Waals surface area contributed by atoms with Gasteiger partial charge in [-0.05, 0) is 38.3 Å². The van der Waals surface area contributed by atoms with Gasteiger partial charge in [-0.15, -0.1) is 0 Å². The van der Waals surface area contributed by atoms with Crippen LogP contribution in [0.5, 0.6) is 5.88 Å². The van der Waals surface area contributed by atoms with Crippen molar-refractivity contribution >= 4 is 11.8 Å². The van der Waals surface area contributed by atoms with Crippen molar-refractivity contribution in [1.82, 2.24) is 20.1 Å². The van der Waals surface area contributed by atoms with E-state index in [2.05, 4.69) is 15.2 Å². The predicted molar refractivity (Wildman–Crippen MR) is 93.6 cm³/mol. The third-order valence-electron chi connectivity index (χ3n) is 5.14. The van der Waals surface area contributed by atoms with Crippen LogP contribution in [0.1, 0.15) is 35.3 Å². The smallest absolute Gasteiger partial charge is 0.256 e. The molecule has 136 valence electrons. The molecule has 0 bridgehead atoms. The van der Waals surface area contributed by atoms with Crippen LogP contribution < -0.4 is 10.1 Å². The Morgan fingerprint density at radius 3 is 2.56 bits per heavy atom. The fourth-order valence-electron chi connectivity index (χ4n) is 3.62. The second-order valence-electron chi connectivity index (χ2n) is 6.86. The molecule has 0 radical (unpaired) electrons. The van der Waals surface area contributed by atoms with E-state index in [4.69, 9.17) is 4.74 Å². The minimum atomic E-state index is -0.153. The van der Waals surface area contributed by atoms with Crippen LogP contribution in [0, 0.1) is 6.92 Å². The zero-order chi connectivity index (χ0) is 18.0. The average molecular weight is 346 g/mol. The Morgan fingerprint density at radius 1 is 1.24 bits per heavy atom. The number of rotatable bonds is 4. The summed E-state index contributed by atoms with van der Waals surface area (Å²) in [5, 5.41) is 3.08. The number of nitrogens with one attached hydrogen (secondary N) is 1. The second-order valence-corrected chi connectivity index (χ2v) is 6.86. The van der Waals surface area contributed by atoms with Crippen LogP contribution >= 0.6 is 0 Å². The summed E-state index contributed by atoms with van der Waals surface area (Å²) in [5.41, 5.74) is 1.27. The molecule has 3 heterocycles. The largest absolute Gasteiger partial charge is 0.480 e. The fraction of sp³-hybridized carbons (Fsp3) is 0.611. The van der Waals surface area contributed by atoms with Gasteiger partial charge in [0.15, 0.2) is 0 Å². The number of hydrogen-bond donors (Lipinski definition) is 1. The van der Waals surface area contributed by atoms with E-state index in [0.717, 1.165) is 44.6 Å². The molecular formula is C18H26N4O3. The Balaban J connectivity index is 1.56. The van der Waals surface area contributed by atoms with Crippen LogP contribution in [-0.4, -0.2) is 72.5 Å². The lowest BCUT2D eigenvalue weighted by molar-refractivity contribution is -0.131. The van der Waals surface area contributed by atoms with Gasteiger partial charge in [-0.3, -0.25) is 14.5 Å². The number of piperidine rings is 1. The standard InChI is InChI=1S/C18H26N4O3/c1-12-4-5-14(17(19-12)25-3)16(23)20-13-6-10-22(11-7-13)15-8-9-21(2)18(15)24/h4-5,13,15H,6-11H2,1-3H3,(H,20,23). The van der Waals surface area contributed by atoms with Crippen molar-refractivity contribution in [1.29, 1.82) is 0 Å². The van der Waals surface area contributed by atoms with Crippen molar-refractivity contribution in [3.05, 3.63) is 23.4 Å². The van der Waals surface area contributed by atoms with Crippen LogP contribution in [0.15, 0.2) is 12.1 Å². The van der Waals surface area contributed by atoms with Crippen molar-refractivity contribution in [2.24, 2.45) is 0 Å². The van der Waals surface area contributed by atoms with Crippen LogP contribution in [0.4, 0.5) is 0 Å². The summed E-state index contributed by atoms with van der Waals surface area (Å²) >= 11 is 0. The Kier molecular flexibility index (Phi) is 5.22. The highest BCUT2D eigenvalue weighted by molar-refractivity contribution is 5.96. The first-order valence-corrected chi connectivity index (χ1v) is 8.81. The quantitative estimate of drug-likeness (QED) is 0.874. The molecule has 1 atom stereocenters. The molecule has 2 aliphatic rings. The zero-order valence-electron chi connectivity index (χ0n) is 15.1. The van der Waals surface area contributed by atoms with Gasteiger partial charge in [-0.1, -0.05) is 0 Å². The maximum Gasteiger partial charge on any atom is 0.256 e.